The van der Waals surface area contributed by atoms with E-state index in [2.05, 4.69) is 5.32 Å². The molecule has 1 rings (SSSR count). The molecule has 1 aromatic rings. The Morgan fingerprint density at radius 3 is 2.72 bits per heavy atom. The zero-order valence-corrected chi connectivity index (χ0v) is 10.8. The van der Waals surface area contributed by atoms with Crippen molar-refractivity contribution in [2.45, 2.75) is 26.7 Å². The maximum absolute atomic E-state index is 11.8. The summed E-state index contributed by atoms with van der Waals surface area (Å²) < 4.78 is 0. The Hall–Kier alpha value is -1.84. The van der Waals surface area contributed by atoms with Crippen LogP contribution in [-0.2, 0) is 4.79 Å². The maximum Gasteiger partial charge on any atom is 0.303 e. The molecule has 0 aliphatic heterocycles. The fraction of sp³-hybridized carbons (Fsp3) is 0.429. The molecule has 1 unspecified atom stereocenters. The molecule has 0 saturated heterocycles. The molecule has 0 spiro atoms. The highest BCUT2D eigenvalue weighted by atomic mass is 16.4. The Morgan fingerprint density at radius 1 is 1.39 bits per heavy atom. The van der Waals surface area contributed by atoms with Crippen LogP contribution in [0.5, 0.6) is 0 Å². The first kappa shape index (κ1) is 14.2. The van der Waals surface area contributed by atoms with Crippen molar-refractivity contribution in [3.63, 3.8) is 0 Å². The van der Waals surface area contributed by atoms with Gasteiger partial charge in [0.15, 0.2) is 0 Å². The van der Waals surface area contributed by atoms with Crippen molar-refractivity contribution in [2.24, 2.45) is 5.92 Å². The van der Waals surface area contributed by atoms with Crippen LogP contribution in [-0.4, -0.2) is 23.5 Å². The number of carbonyl (C=O) groups excluding carboxylic acids is 1. The summed E-state index contributed by atoms with van der Waals surface area (Å²) in [5.74, 6) is -0.748. The highest BCUT2D eigenvalue weighted by Gasteiger charge is 2.09. The van der Waals surface area contributed by atoms with E-state index in [1.807, 2.05) is 32.0 Å². The van der Waals surface area contributed by atoms with Crippen LogP contribution in [0.25, 0.3) is 0 Å². The van der Waals surface area contributed by atoms with Gasteiger partial charge in [-0.05, 0) is 31.4 Å². The average Bonchev–Trinajstić information content (AvgIpc) is 2.33. The Kier molecular flexibility index (Phi) is 5.36. The van der Waals surface area contributed by atoms with Gasteiger partial charge < -0.3 is 10.4 Å². The zero-order chi connectivity index (χ0) is 13.5. The number of carbonyl (C=O) groups is 2. The van der Waals surface area contributed by atoms with Crippen LogP contribution in [0, 0.1) is 12.8 Å². The summed E-state index contributed by atoms with van der Waals surface area (Å²) >= 11 is 0. The number of carboxylic acids is 1. The first-order valence-corrected chi connectivity index (χ1v) is 6.05. The number of benzene rings is 1. The van der Waals surface area contributed by atoms with Crippen LogP contribution < -0.4 is 5.32 Å². The molecule has 0 aliphatic rings. The fourth-order valence-electron chi connectivity index (χ4n) is 1.63. The molecule has 0 saturated carbocycles. The van der Waals surface area contributed by atoms with Gasteiger partial charge in [-0.2, -0.15) is 0 Å². The van der Waals surface area contributed by atoms with Gasteiger partial charge in [0, 0.05) is 18.5 Å². The molecule has 0 heterocycles. The van der Waals surface area contributed by atoms with Crippen molar-refractivity contribution in [3.8, 4) is 0 Å². The number of aliphatic carboxylic acids is 1. The molecule has 18 heavy (non-hydrogen) atoms. The number of rotatable bonds is 6. The van der Waals surface area contributed by atoms with Crippen LogP contribution in [0.1, 0.15) is 35.7 Å². The molecule has 0 aliphatic carbocycles. The van der Waals surface area contributed by atoms with Gasteiger partial charge in [-0.3, -0.25) is 9.59 Å². The molecular weight excluding hydrogens is 230 g/mol. The standard InChI is InChI=1S/C14H19NO3/c1-10-4-3-5-12(8-10)14(18)15-9-11(2)6-7-13(16)17/h3-5,8,11H,6-7,9H2,1-2H3,(H,15,18)(H,16,17). The summed E-state index contributed by atoms with van der Waals surface area (Å²) in [5, 5.41) is 11.4. The van der Waals surface area contributed by atoms with Crippen molar-refractivity contribution in [3.05, 3.63) is 35.4 Å². The van der Waals surface area contributed by atoms with Gasteiger partial charge in [0.1, 0.15) is 0 Å². The Labute approximate surface area is 107 Å². The van der Waals surface area contributed by atoms with Gasteiger partial charge in [0.2, 0.25) is 0 Å². The minimum Gasteiger partial charge on any atom is -0.481 e. The normalized spacial score (nSPS) is 11.9. The lowest BCUT2D eigenvalue weighted by Gasteiger charge is -2.11. The van der Waals surface area contributed by atoms with E-state index in [9.17, 15) is 9.59 Å². The summed E-state index contributed by atoms with van der Waals surface area (Å²) in [4.78, 5) is 22.2. The molecule has 0 fully saturated rings. The van der Waals surface area contributed by atoms with Gasteiger partial charge in [-0.15, -0.1) is 0 Å². The van der Waals surface area contributed by atoms with Crippen LogP contribution in [0.2, 0.25) is 0 Å². The Bertz CT molecular complexity index is 429. The van der Waals surface area contributed by atoms with Crippen molar-refractivity contribution in [1.29, 1.82) is 0 Å². The van der Waals surface area contributed by atoms with Crippen LogP contribution >= 0.6 is 0 Å². The second-order valence-corrected chi connectivity index (χ2v) is 4.62. The van der Waals surface area contributed by atoms with Gasteiger partial charge in [0.25, 0.3) is 5.91 Å². The lowest BCUT2D eigenvalue weighted by Crippen LogP contribution is -2.28. The molecule has 0 bridgehead atoms. The lowest BCUT2D eigenvalue weighted by molar-refractivity contribution is -0.137. The number of carboxylic acid groups (broad SMARTS) is 1. The second-order valence-electron chi connectivity index (χ2n) is 4.62. The summed E-state index contributed by atoms with van der Waals surface area (Å²) in [5.41, 5.74) is 1.68. The monoisotopic (exact) mass is 249 g/mol. The maximum atomic E-state index is 11.8. The molecule has 1 amide bonds. The smallest absolute Gasteiger partial charge is 0.303 e. The first-order valence-electron chi connectivity index (χ1n) is 6.05. The lowest BCUT2D eigenvalue weighted by atomic mass is 10.1. The number of amides is 1. The summed E-state index contributed by atoms with van der Waals surface area (Å²) in [6.45, 7) is 4.37. The zero-order valence-electron chi connectivity index (χ0n) is 10.8. The predicted molar refractivity (Wildman–Crippen MR) is 69.5 cm³/mol. The fourth-order valence-corrected chi connectivity index (χ4v) is 1.63. The number of aryl methyl sites for hydroxylation is 1. The van der Waals surface area contributed by atoms with Gasteiger partial charge in [0.05, 0.1) is 0 Å². The molecule has 4 heteroatoms. The Morgan fingerprint density at radius 2 is 2.11 bits per heavy atom. The quantitative estimate of drug-likeness (QED) is 0.812. The van der Waals surface area contributed by atoms with E-state index in [1.54, 1.807) is 6.07 Å². The molecule has 98 valence electrons. The molecule has 0 radical (unpaired) electrons. The molecule has 1 atom stereocenters. The molecule has 1 aromatic carbocycles. The SMILES string of the molecule is Cc1cccc(C(=O)NCC(C)CCC(=O)O)c1. The molecular formula is C14H19NO3. The molecule has 2 N–H and O–H groups in total. The average molecular weight is 249 g/mol. The minimum absolute atomic E-state index is 0.110. The van der Waals surface area contributed by atoms with E-state index >= 15 is 0 Å². The van der Waals surface area contributed by atoms with Crippen LogP contribution in [0.3, 0.4) is 0 Å². The van der Waals surface area contributed by atoms with Gasteiger partial charge in [-0.25, -0.2) is 0 Å². The highest BCUT2D eigenvalue weighted by Crippen LogP contribution is 2.06. The minimum atomic E-state index is -0.799. The number of hydrogen-bond donors (Lipinski definition) is 2. The molecule has 4 nitrogen and oxygen atoms in total. The summed E-state index contributed by atoms with van der Waals surface area (Å²) in [7, 11) is 0. The topological polar surface area (TPSA) is 66.4 Å². The molecule has 0 aromatic heterocycles. The van der Waals surface area contributed by atoms with Crippen molar-refractivity contribution >= 4 is 11.9 Å². The van der Waals surface area contributed by atoms with E-state index in [0.717, 1.165) is 5.56 Å². The van der Waals surface area contributed by atoms with E-state index in [1.165, 1.54) is 0 Å². The second kappa shape index (κ2) is 6.79. The summed E-state index contributed by atoms with van der Waals surface area (Å²) in [6, 6.07) is 7.38. The third-order valence-electron chi connectivity index (χ3n) is 2.74. The van der Waals surface area contributed by atoms with Crippen molar-refractivity contribution in [2.75, 3.05) is 6.54 Å². The van der Waals surface area contributed by atoms with Crippen molar-refractivity contribution in [1.82, 2.24) is 5.32 Å². The number of nitrogens with one attached hydrogen (secondary N) is 1. The highest BCUT2D eigenvalue weighted by molar-refractivity contribution is 5.94. The predicted octanol–water partition coefficient (Wildman–Crippen LogP) is 2.23. The third kappa shape index (κ3) is 4.99. The van der Waals surface area contributed by atoms with Crippen LogP contribution in [0.15, 0.2) is 24.3 Å². The third-order valence-corrected chi connectivity index (χ3v) is 2.74. The largest absolute Gasteiger partial charge is 0.481 e. The van der Waals surface area contributed by atoms with E-state index in [0.29, 0.717) is 18.5 Å². The first-order chi connectivity index (χ1) is 8.49. The van der Waals surface area contributed by atoms with Gasteiger partial charge >= 0.3 is 5.97 Å². The number of hydrogen-bond acceptors (Lipinski definition) is 2. The van der Waals surface area contributed by atoms with E-state index < -0.39 is 5.97 Å². The van der Waals surface area contributed by atoms with Gasteiger partial charge in [-0.1, -0.05) is 24.6 Å². The van der Waals surface area contributed by atoms with Crippen molar-refractivity contribution < 1.29 is 14.7 Å². The Balaban J connectivity index is 2.39. The summed E-state index contributed by atoms with van der Waals surface area (Å²) in [6.07, 6.45) is 0.713. The van der Waals surface area contributed by atoms with Crippen LogP contribution in [0.4, 0.5) is 0 Å². The van der Waals surface area contributed by atoms with E-state index in [4.69, 9.17) is 5.11 Å². The van der Waals surface area contributed by atoms with E-state index in [-0.39, 0.29) is 18.2 Å².